The molecule has 18 heteroatoms. The molecule has 0 fully saturated rings. The summed E-state index contributed by atoms with van der Waals surface area (Å²) in [6.07, 6.45) is 6.96. The Labute approximate surface area is 868 Å². The second-order valence-corrected chi connectivity index (χ2v) is 35.6. The molecular weight excluding hydrogens is 1850 g/mol. The van der Waals surface area contributed by atoms with E-state index in [4.69, 9.17) is 87.4 Å². The summed E-state index contributed by atoms with van der Waals surface area (Å²) in [7, 11) is 9.98. The Morgan fingerprint density at radius 1 is 0.171 bits per heavy atom. The van der Waals surface area contributed by atoms with Crippen molar-refractivity contribution in [2.45, 2.75) is 108 Å². The highest BCUT2D eigenvalue weighted by molar-refractivity contribution is 6.31. The van der Waals surface area contributed by atoms with Crippen LogP contribution in [0.3, 0.4) is 0 Å². The molecule has 0 aromatic heterocycles. The smallest absolute Gasteiger partial charge is 0.123 e. The molecule has 146 heavy (non-hydrogen) atoms. The zero-order valence-electron chi connectivity index (χ0n) is 88.0. The summed E-state index contributed by atoms with van der Waals surface area (Å²) in [6.45, 7) is 31.3. The molecule has 768 valence electrons. The molecule has 0 saturated carbocycles. The lowest BCUT2D eigenvalue weighted by Gasteiger charge is -2.08. The average Bonchev–Trinajstić information content (AvgIpc) is 0.907. The lowest BCUT2D eigenvalue weighted by Crippen LogP contribution is -2.03. The maximum Gasteiger partial charge on any atom is 0.123 e. The first kappa shape index (κ1) is 114. The number of halogens is 2. The maximum absolute atomic E-state index is 12.9. The van der Waals surface area contributed by atoms with Gasteiger partial charge < -0.3 is 75.8 Å². The van der Waals surface area contributed by atoms with Gasteiger partial charge in [0.1, 0.15) is 103 Å². The highest BCUT2D eigenvalue weighted by atomic mass is 35.5. The Balaban J connectivity index is 0.000000168. The lowest BCUT2D eigenvalue weighted by atomic mass is 10.1. The van der Waals surface area contributed by atoms with Gasteiger partial charge in [-0.1, -0.05) is 267 Å². The number of unbranched alkanes of at least 4 members (excludes halogenated alkanes) is 3. The van der Waals surface area contributed by atoms with Gasteiger partial charge in [-0.05, 0) is 310 Å². The zero-order valence-corrected chi connectivity index (χ0v) is 88.8. The predicted octanol–water partition coefficient (Wildman–Crippen LogP) is 32.3. The Morgan fingerprint density at radius 3 is 0.582 bits per heavy atom. The summed E-state index contributed by atoms with van der Waals surface area (Å²) in [5, 5.41) is 22.1. The normalized spacial score (nSPS) is 10.6. The fraction of sp³-hybridized carbons (Fsp3) is 0.297. The molecule has 0 saturated heterocycles. The molecule has 0 aliphatic heterocycles. The summed E-state index contributed by atoms with van der Waals surface area (Å²) in [4.78, 5) is 0. The second-order valence-electron chi connectivity index (χ2n) is 35.1. The van der Waals surface area contributed by atoms with Crippen molar-refractivity contribution in [3.8, 4) is 57.5 Å². The van der Waals surface area contributed by atoms with Crippen molar-refractivity contribution in [2.75, 3.05) is 148 Å². The van der Waals surface area contributed by atoms with E-state index in [9.17, 15) is 4.39 Å². The Morgan fingerprint density at radius 2 is 0.356 bits per heavy atom. The molecule has 0 radical (unpaired) electrons. The van der Waals surface area contributed by atoms with Gasteiger partial charge in [-0.15, -0.1) is 0 Å². The minimum absolute atomic E-state index is 0.222. The number of rotatable bonds is 38. The zero-order chi connectivity index (χ0) is 104. The van der Waals surface area contributed by atoms with Gasteiger partial charge in [-0.3, -0.25) is 0 Å². The van der Waals surface area contributed by atoms with Gasteiger partial charge >= 0.3 is 0 Å². The third kappa shape index (κ3) is 40.4. The third-order valence-electron chi connectivity index (χ3n) is 23.0. The van der Waals surface area contributed by atoms with Crippen molar-refractivity contribution in [2.24, 2.45) is 0 Å². The molecular formula is C128H146ClFO16. The molecule has 0 amide bonds. The van der Waals surface area contributed by atoms with Crippen LogP contribution in [0.2, 0.25) is 5.02 Å². The van der Waals surface area contributed by atoms with Crippen LogP contribution in [0.1, 0.15) is 99.6 Å². The minimum Gasteiger partial charge on any atom is -0.494 e. The molecule has 0 aliphatic rings. The van der Waals surface area contributed by atoms with Crippen molar-refractivity contribution in [1.82, 2.24) is 0 Å². The van der Waals surface area contributed by atoms with Crippen LogP contribution in [-0.2, 0) is 28.4 Å². The predicted molar refractivity (Wildman–Crippen MR) is 606 cm³/mol. The molecule has 0 N–H and O–H groups in total. The van der Waals surface area contributed by atoms with E-state index in [1.54, 1.807) is 48.7 Å². The number of methoxy groups -OCH3 is 6. The van der Waals surface area contributed by atoms with Crippen LogP contribution in [0.5, 0.6) is 57.5 Å². The maximum atomic E-state index is 12.9. The van der Waals surface area contributed by atoms with Crippen molar-refractivity contribution >= 4 is 109 Å². The molecule has 0 aliphatic carbocycles. The summed E-state index contributed by atoms with van der Waals surface area (Å²) in [5.41, 5.74) is 7.73. The Bertz CT molecular complexity index is 6240. The quantitative estimate of drug-likeness (QED) is 0.0338. The molecule has 0 bridgehead atoms. The van der Waals surface area contributed by atoms with Crippen LogP contribution < -0.4 is 47.4 Å². The van der Waals surface area contributed by atoms with Gasteiger partial charge in [0.05, 0.1) is 66.1 Å². The van der Waals surface area contributed by atoms with Crippen LogP contribution in [0.25, 0.3) is 97.0 Å². The van der Waals surface area contributed by atoms with E-state index < -0.39 is 0 Å². The van der Waals surface area contributed by atoms with Crippen molar-refractivity contribution in [3.63, 3.8) is 0 Å². The summed E-state index contributed by atoms with van der Waals surface area (Å²) in [5.74, 6) is 8.79. The van der Waals surface area contributed by atoms with Gasteiger partial charge in [0.2, 0.25) is 0 Å². The lowest BCUT2D eigenvalue weighted by molar-refractivity contribution is 0.146. The molecule has 0 heterocycles. The molecule has 0 spiro atoms. The van der Waals surface area contributed by atoms with Gasteiger partial charge in [0, 0.05) is 47.7 Å². The van der Waals surface area contributed by atoms with Crippen LogP contribution in [0.4, 0.5) is 4.39 Å². The third-order valence-corrected chi connectivity index (χ3v) is 23.3. The SMILES string of the molecule is CCCCCOc1ccc2cc(C)ccc2c1.CCCCOc1ccc2cc(C)ccc2c1.CCCOc1ccc2cc(C)ccc2c1.CCOc1ccc2cc(OCCOC)ccc2c1.COCCOc1ccc2cc(C)ccc2c1.COCCOc1ccc2cc(C)ccc2c1.COCCOc1ccc2cc(C)ccc2c1.COCCOc1ccc2cc(Cl)ccc2c1.COCCOc1ccc2cc(F)ccc2c1. The first-order valence-electron chi connectivity index (χ1n) is 50.4. The van der Waals surface area contributed by atoms with Crippen LogP contribution in [-0.4, -0.2) is 148 Å². The van der Waals surface area contributed by atoms with Gasteiger partial charge in [0.25, 0.3) is 0 Å². The Kier molecular flexibility index (Phi) is 50.2. The van der Waals surface area contributed by atoms with Gasteiger partial charge in [-0.25, -0.2) is 4.39 Å². The topological polar surface area (TPSA) is 148 Å². The molecule has 18 aromatic rings. The molecule has 16 nitrogen and oxygen atoms in total. The van der Waals surface area contributed by atoms with E-state index in [-0.39, 0.29) is 5.82 Å². The first-order chi connectivity index (χ1) is 71.2. The van der Waals surface area contributed by atoms with E-state index in [1.807, 2.05) is 122 Å². The van der Waals surface area contributed by atoms with E-state index in [2.05, 4.69) is 256 Å². The summed E-state index contributed by atoms with van der Waals surface area (Å²) in [6, 6.07) is 110. The van der Waals surface area contributed by atoms with E-state index >= 15 is 0 Å². The molecule has 18 rings (SSSR count). The highest BCUT2D eigenvalue weighted by Crippen LogP contribution is 2.32. The van der Waals surface area contributed by atoms with Crippen molar-refractivity contribution in [1.29, 1.82) is 0 Å². The van der Waals surface area contributed by atoms with Crippen LogP contribution in [0, 0.1) is 47.4 Å². The van der Waals surface area contributed by atoms with E-state index in [1.165, 1.54) is 129 Å². The fourth-order valence-electron chi connectivity index (χ4n) is 15.3. The number of hydrogen-bond donors (Lipinski definition) is 0. The Hall–Kier alpha value is -13.7. The summed E-state index contributed by atoms with van der Waals surface area (Å²) >= 11 is 5.91. The van der Waals surface area contributed by atoms with Crippen LogP contribution >= 0.6 is 11.6 Å². The second kappa shape index (κ2) is 64.2. The monoisotopic (exact) mass is 1990 g/mol. The minimum atomic E-state index is -0.222. The molecule has 18 aromatic carbocycles. The van der Waals surface area contributed by atoms with E-state index in [0.717, 1.165) is 134 Å². The number of fused-ring (bicyclic) bond motifs is 9. The number of hydrogen-bond acceptors (Lipinski definition) is 16. The van der Waals surface area contributed by atoms with E-state index in [0.29, 0.717) is 85.9 Å². The fourth-order valence-corrected chi connectivity index (χ4v) is 15.4. The number of benzene rings is 18. The van der Waals surface area contributed by atoms with Gasteiger partial charge in [-0.2, -0.15) is 0 Å². The number of ether oxygens (including phenoxy) is 16. The van der Waals surface area contributed by atoms with Crippen LogP contribution in [0.15, 0.2) is 328 Å². The highest BCUT2D eigenvalue weighted by Gasteiger charge is 2.09. The summed E-state index contributed by atoms with van der Waals surface area (Å²) < 4.78 is 98.3. The average molecular weight is 2000 g/mol. The van der Waals surface area contributed by atoms with Crippen molar-refractivity contribution < 1.29 is 80.2 Å². The molecule has 0 atom stereocenters. The molecule has 0 unspecified atom stereocenters. The standard InChI is InChI=1S/C16H20O.C15H18O3.C15H18O.3C14H16O2.C14H16O.C13H13ClO2.C13H13FO2/c1-3-4-5-10-17-16-9-8-14-11-13(2)6-7-15(14)12-16;1-3-17-14-6-4-13-11-15(18-9-8-16-2)7-5-12(13)10-14;1-3-4-9-16-15-8-7-13-10-12(2)5-6-14(13)11-15;3*1-11-3-4-13-10-14(16-8-7-15-2)6-5-12(13)9-11;1-3-8-15-14-7-6-12-9-11(2)4-5-13(12)10-14;2*1-15-6-7-16-13-5-3-10-8-12(14)4-2-11(10)9-13/h6-9,11-12H,3-5,10H2,1-2H3;4-7,10-11H,3,8-9H2,1-2H3;5-8,10-11H,3-4,9H2,1-2H3;3*3-6,9-10H,7-8H2,1-2H3;4-7,9-10H,3,8H2,1-2H3;2*2-5,8-9H,6-7H2,1H3. The largest absolute Gasteiger partial charge is 0.494 e. The van der Waals surface area contributed by atoms with Gasteiger partial charge in [0.15, 0.2) is 0 Å². The van der Waals surface area contributed by atoms with Crippen molar-refractivity contribution in [3.05, 3.63) is 372 Å². The first-order valence-corrected chi connectivity index (χ1v) is 50.7. The number of aryl methyl sites for hydroxylation is 6.